The number of likely N-dealkylation sites (tertiary alicyclic amines) is 1. The lowest BCUT2D eigenvalue weighted by molar-refractivity contribution is -0.137. The number of carbonyl (C=O) groups is 1. The third kappa shape index (κ3) is 6.40. The monoisotopic (exact) mass is 575 g/mol. The standard InChI is InChI=1S/C29H32F3N5O2.ClH/c1-17(2)37-12-4-7-26(37)28(39)36-25-13-19(29(30,31)32)9-11-21(25)24-15-27(34-16-33-24)35-23-6-3-5-18-8-10-20(38)14-22(18)23;/h3,5-6,9,11,13,15-17,20,26,38H,4,7-8,10,12,14H2,1-2H3,(H,36,39)(H,33,34,35);1H/t20-,26-;/m0./s1. The highest BCUT2D eigenvalue weighted by molar-refractivity contribution is 5.98. The van der Waals surface area contributed by atoms with Crippen molar-refractivity contribution in [2.75, 3.05) is 17.2 Å². The van der Waals surface area contributed by atoms with Crippen LogP contribution in [0.3, 0.4) is 0 Å². The van der Waals surface area contributed by atoms with E-state index in [9.17, 15) is 23.1 Å². The van der Waals surface area contributed by atoms with Gasteiger partial charge in [-0.15, -0.1) is 12.4 Å². The fourth-order valence-corrected chi connectivity index (χ4v) is 5.55. The molecule has 7 nitrogen and oxygen atoms in total. The molecule has 2 atom stereocenters. The molecule has 0 saturated carbocycles. The molecule has 3 aromatic rings. The number of nitrogens with one attached hydrogen (secondary N) is 2. The van der Waals surface area contributed by atoms with Gasteiger partial charge in [-0.05, 0) is 75.4 Å². The van der Waals surface area contributed by atoms with E-state index in [1.54, 1.807) is 6.07 Å². The Morgan fingerprint density at radius 3 is 2.65 bits per heavy atom. The predicted molar refractivity (Wildman–Crippen MR) is 151 cm³/mol. The number of aliphatic hydroxyl groups is 1. The van der Waals surface area contributed by atoms with E-state index in [1.165, 1.54) is 12.4 Å². The van der Waals surface area contributed by atoms with Gasteiger partial charge in [-0.2, -0.15) is 13.2 Å². The summed E-state index contributed by atoms with van der Waals surface area (Å²) in [6.07, 6.45) is -0.112. The minimum absolute atomic E-state index is 0. The van der Waals surface area contributed by atoms with E-state index in [-0.39, 0.29) is 30.0 Å². The maximum Gasteiger partial charge on any atom is 0.416 e. The van der Waals surface area contributed by atoms with Crippen molar-refractivity contribution in [3.05, 3.63) is 65.5 Å². The van der Waals surface area contributed by atoms with E-state index in [2.05, 4.69) is 25.5 Å². The smallest absolute Gasteiger partial charge is 0.393 e. The van der Waals surface area contributed by atoms with Gasteiger partial charge < -0.3 is 15.7 Å². The van der Waals surface area contributed by atoms with Gasteiger partial charge in [-0.3, -0.25) is 9.69 Å². The Labute approximate surface area is 237 Å². The number of aryl methyl sites for hydroxylation is 1. The van der Waals surface area contributed by atoms with Crippen LogP contribution in [-0.2, 0) is 23.8 Å². The minimum atomic E-state index is -4.56. The van der Waals surface area contributed by atoms with Gasteiger partial charge in [0, 0.05) is 29.8 Å². The highest BCUT2D eigenvalue weighted by Crippen LogP contribution is 2.37. The summed E-state index contributed by atoms with van der Waals surface area (Å²) >= 11 is 0. The molecule has 11 heteroatoms. The molecule has 2 heterocycles. The van der Waals surface area contributed by atoms with Gasteiger partial charge in [0.25, 0.3) is 0 Å². The number of amides is 1. The second kappa shape index (κ2) is 12.1. The molecule has 0 spiro atoms. The van der Waals surface area contributed by atoms with Gasteiger partial charge in [0.2, 0.25) is 5.91 Å². The molecule has 3 N–H and O–H groups in total. The maximum absolute atomic E-state index is 13.6. The third-order valence-corrected chi connectivity index (χ3v) is 7.53. The van der Waals surface area contributed by atoms with Crippen LogP contribution >= 0.6 is 12.4 Å². The zero-order valence-electron chi connectivity index (χ0n) is 22.3. The van der Waals surface area contributed by atoms with Crippen molar-refractivity contribution >= 4 is 35.5 Å². The first-order chi connectivity index (χ1) is 18.6. The first-order valence-electron chi connectivity index (χ1n) is 13.3. The van der Waals surface area contributed by atoms with Crippen molar-refractivity contribution < 1.29 is 23.1 Å². The van der Waals surface area contributed by atoms with Gasteiger partial charge in [0.1, 0.15) is 12.1 Å². The quantitative estimate of drug-likeness (QED) is 0.335. The van der Waals surface area contributed by atoms with Crippen molar-refractivity contribution in [3.63, 3.8) is 0 Å². The number of carbonyl (C=O) groups excluding carboxylic acids is 1. The molecule has 2 aliphatic rings. The Morgan fingerprint density at radius 1 is 1.10 bits per heavy atom. The number of halogens is 4. The Morgan fingerprint density at radius 2 is 1.90 bits per heavy atom. The summed E-state index contributed by atoms with van der Waals surface area (Å²) in [5.41, 5.74) is 2.92. The van der Waals surface area contributed by atoms with Gasteiger partial charge >= 0.3 is 6.18 Å². The number of hydrogen-bond acceptors (Lipinski definition) is 6. The van der Waals surface area contributed by atoms with E-state index < -0.39 is 23.9 Å². The highest BCUT2D eigenvalue weighted by Gasteiger charge is 2.34. The van der Waals surface area contributed by atoms with E-state index in [0.29, 0.717) is 36.3 Å². The molecule has 0 bridgehead atoms. The maximum atomic E-state index is 13.6. The van der Waals surface area contributed by atoms with Crippen LogP contribution in [0.2, 0.25) is 0 Å². The second-order valence-electron chi connectivity index (χ2n) is 10.5. The Bertz CT molecular complexity index is 1370. The summed E-state index contributed by atoms with van der Waals surface area (Å²) in [6.45, 7) is 4.77. The summed E-state index contributed by atoms with van der Waals surface area (Å²) in [5.74, 6) is 0.121. The number of hydrogen-bond donors (Lipinski definition) is 3. The summed E-state index contributed by atoms with van der Waals surface area (Å²) in [6, 6.07) is 10.6. The van der Waals surface area contributed by atoms with Gasteiger partial charge in [0.05, 0.1) is 29.1 Å². The summed E-state index contributed by atoms with van der Waals surface area (Å²) in [4.78, 5) is 23.9. The number of benzene rings is 2. The lowest BCUT2D eigenvalue weighted by Crippen LogP contribution is -2.43. The average molecular weight is 576 g/mol. The first-order valence-corrected chi connectivity index (χ1v) is 13.3. The zero-order valence-corrected chi connectivity index (χ0v) is 23.1. The van der Waals surface area contributed by atoms with Crippen LogP contribution < -0.4 is 10.6 Å². The SMILES string of the molecule is CC(C)N1CCC[C@H]1C(=O)Nc1cc(C(F)(F)F)ccc1-c1cc(Nc2cccc3c2C[C@@H](O)CC3)ncn1.Cl. The third-order valence-electron chi connectivity index (χ3n) is 7.53. The van der Waals surface area contributed by atoms with Crippen molar-refractivity contribution in [2.24, 2.45) is 0 Å². The number of rotatable bonds is 6. The zero-order chi connectivity index (χ0) is 27.7. The predicted octanol–water partition coefficient (Wildman–Crippen LogP) is 5.99. The van der Waals surface area contributed by atoms with Crippen LogP contribution in [0.5, 0.6) is 0 Å². The number of nitrogens with zero attached hydrogens (tertiary/aromatic N) is 3. The van der Waals surface area contributed by atoms with Crippen LogP contribution in [0.15, 0.2) is 48.8 Å². The number of fused-ring (bicyclic) bond motifs is 1. The van der Waals surface area contributed by atoms with E-state index in [4.69, 9.17) is 0 Å². The van der Waals surface area contributed by atoms with Crippen molar-refractivity contribution in [1.29, 1.82) is 0 Å². The van der Waals surface area contributed by atoms with E-state index >= 15 is 0 Å². The van der Waals surface area contributed by atoms with Gasteiger partial charge in [-0.1, -0.05) is 18.2 Å². The number of alkyl halides is 3. The molecule has 214 valence electrons. The highest BCUT2D eigenvalue weighted by atomic mass is 35.5. The lowest BCUT2D eigenvalue weighted by Gasteiger charge is -2.27. The molecule has 1 aliphatic carbocycles. The summed E-state index contributed by atoms with van der Waals surface area (Å²) in [5, 5.41) is 16.2. The number of aliphatic hydroxyl groups excluding tert-OH is 1. The van der Waals surface area contributed by atoms with Crippen LogP contribution in [-0.4, -0.2) is 50.6 Å². The normalized spacial score (nSPS) is 19.2. The Hall–Kier alpha value is -3.21. The summed E-state index contributed by atoms with van der Waals surface area (Å²) < 4.78 is 40.8. The lowest BCUT2D eigenvalue weighted by atomic mass is 9.88. The fraction of sp³-hybridized carbons (Fsp3) is 0.414. The molecule has 2 aromatic carbocycles. The van der Waals surface area contributed by atoms with E-state index in [1.807, 2.05) is 32.0 Å². The van der Waals surface area contributed by atoms with Crippen molar-refractivity contribution in [1.82, 2.24) is 14.9 Å². The first kappa shape index (κ1) is 29.8. The molecule has 0 radical (unpaired) electrons. The van der Waals surface area contributed by atoms with Crippen LogP contribution in [0.25, 0.3) is 11.3 Å². The fourth-order valence-electron chi connectivity index (χ4n) is 5.55. The molecular weight excluding hydrogens is 543 g/mol. The molecule has 1 saturated heterocycles. The second-order valence-corrected chi connectivity index (χ2v) is 10.5. The molecule has 1 amide bonds. The number of aromatic nitrogens is 2. The molecule has 1 aliphatic heterocycles. The minimum Gasteiger partial charge on any atom is -0.393 e. The molecule has 0 unspecified atom stereocenters. The topological polar surface area (TPSA) is 90.4 Å². The molecule has 40 heavy (non-hydrogen) atoms. The average Bonchev–Trinajstić information content (AvgIpc) is 3.40. The van der Waals surface area contributed by atoms with E-state index in [0.717, 1.165) is 48.3 Å². The molecule has 1 fully saturated rings. The van der Waals surface area contributed by atoms with Crippen LogP contribution in [0, 0.1) is 0 Å². The van der Waals surface area contributed by atoms with Gasteiger partial charge in [0.15, 0.2) is 0 Å². The van der Waals surface area contributed by atoms with Crippen LogP contribution in [0.4, 0.5) is 30.4 Å². The Balaban J connectivity index is 0.00000370. The van der Waals surface area contributed by atoms with Crippen LogP contribution in [0.1, 0.15) is 49.8 Å². The van der Waals surface area contributed by atoms with Gasteiger partial charge in [-0.25, -0.2) is 9.97 Å². The molecule has 5 rings (SSSR count). The summed E-state index contributed by atoms with van der Waals surface area (Å²) in [7, 11) is 0. The molecule has 1 aromatic heterocycles. The molecular formula is C29H33ClF3N5O2. The Kier molecular flexibility index (Phi) is 9.02. The van der Waals surface area contributed by atoms with Crippen molar-refractivity contribution in [3.8, 4) is 11.3 Å². The van der Waals surface area contributed by atoms with Crippen molar-refractivity contribution in [2.45, 2.75) is 70.3 Å². The number of anilines is 3. The largest absolute Gasteiger partial charge is 0.416 e.